The number of aryl methyl sites for hydroxylation is 2. The van der Waals surface area contributed by atoms with E-state index in [1.807, 2.05) is 13.8 Å². The maximum atomic E-state index is 6.92. The number of fused-ring (bicyclic) bond motifs is 3. The maximum Gasteiger partial charge on any atom is 0.150 e. The van der Waals surface area contributed by atoms with Gasteiger partial charge in [-0.25, -0.2) is 0 Å². The molecule has 3 aromatic carbocycles. The van der Waals surface area contributed by atoms with Crippen LogP contribution in [0, 0.1) is 0 Å². The summed E-state index contributed by atoms with van der Waals surface area (Å²) in [5.74, 6) is 0. The summed E-state index contributed by atoms with van der Waals surface area (Å²) in [7, 11) is 0. The van der Waals surface area contributed by atoms with E-state index < -0.39 is 0 Å². The van der Waals surface area contributed by atoms with Crippen molar-refractivity contribution in [2.75, 3.05) is 0 Å². The number of nitrogens with zero attached hydrogens (tertiary/aromatic N) is 4. The fourth-order valence-corrected chi connectivity index (χ4v) is 8.06. The van der Waals surface area contributed by atoms with E-state index in [2.05, 4.69) is 20.4 Å². The van der Waals surface area contributed by atoms with E-state index in [1.165, 1.54) is 22.7 Å². The molecule has 14 heteroatoms. The highest BCUT2D eigenvalue weighted by Crippen LogP contribution is 2.57. The molecule has 0 aliphatic rings. The molecule has 0 atom stereocenters. The third-order valence-corrected chi connectivity index (χ3v) is 11.1. The average Bonchev–Trinajstić information content (AvgIpc) is 3.53. The zero-order chi connectivity index (χ0) is 26.0. The molecule has 5 aromatic rings. The zero-order valence-electron chi connectivity index (χ0n) is 18.0. The van der Waals surface area contributed by atoms with Crippen molar-refractivity contribution in [2.24, 2.45) is 0 Å². The van der Waals surface area contributed by atoms with Crippen LogP contribution in [0.4, 0.5) is 0 Å². The molecule has 0 fully saturated rings. The summed E-state index contributed by atoms with van der Waals surface area (Å²) in [4.78, 5) is 0. The van der Waals surface area contributed by atoms with Crippen LogP contribution < -0.4 is 0 Å². The van der Waals surface area contributed by atoms with E-state index in [0.29, 0.717) is 55.5 Å². The molecule has 36 heavy (non-hydrogen) atoms. The van der Waals surface area contributed by atoms with E-state index in [9.17, 15) is 0 Å². The molecule has 0 saturated heterocycles. The van der Waals surface area contributed by atoms with Crippen LogP contribution in [0.5, 0.6) is 0 Å². The van der Waals surface area contributed by atoms with Gasteiger partial charge in [-0.05, 0) is 12.8 Å². The van der Waals surface area contributed by atoms with Gasteiger partial charge in [0.2, 0.25) is 0 Å². The van der Waals surface area contributed by atoms with Crippen LogP contribution in [0.1, 0.15) is 23.9 Å². The standard InChI is InChI=1S/C22H10Cl8N4S2/c1-3-5-31-33-21(35-5)11-9-7(16(26)20(30)18(11)28)8-10(17(27)15(9)25)13(23)12(19(29)14(8)24)22-34-32-6(4-2)36-22/h3-4H2,1-2H3. The second kappa shape index (κ2) is 10.3. The molecule has 186 valence electrons. The molecule has 2 aromatic heterocycles. The highest BCUT2D eigenvalue weighted by atomic mass is 35.5. The van der Waals surface area contributed by atoms with Gasteiger partial charge < -0.3 is 0 Å². The third kappa shape index (κ3) is 4.08. The van der Waals surface area contributed by atoms with Gasteiger partial charge in [0.25, 0.3) is 0 Å². The summed E-state index contributed by atoms with van der Waals surface area (Å²) in [5, 5.41) is 22.3. The molecule has 0 bridgehead atoms. The Hall–Kier alpha value is -0.380. The number of benzene rings is 3. The minimum Gasteiger partial charge on any atom is -0.143 e. The molecule has 0 saturated carbocycles. The summed E-state index contributed by atoms with van der Waals surface area (Å²) in [5.41, 5.74) is 0.842. The predicted molar refractivity (Wildman–Crippen MR) is 158 cm³/mol. The number of aromatic nitrogens is 4. The first-order chi connectivity index (χ1) is 17.1. The first kappa shape index (κ1) is 27.2. The van der Waals surface area contributed by atoms with Crippen LogP contribution in [0.25, 0.3) is 42.7 Å². The number of hydrogen-bond acceptors (Lipinski definition) is 6. The molecule has 0 radical (unpaired) electrons. The molecule has 0 unspecified atom stereocenters. The minimum atomic E-state index is 0.0953. The lowest BCUT2D eigenvalue weighted by Crippen LogP contribution is -1.94. The highest BCUT2D eigenvalue weighted by molar-refractivity contribution is 7.15. The first-order valence-electron chi connectivity index (χ1n) is 10.2. The lowest BCUT2D eigenvalue weighted by Gasteiger charge is -2.19. The van der Waals surface area contributed by atoms with Crippen LogP contribution in [0.3, 0.4) is 0 Å². The Morgan fingerprint density at radius 2 is 0.861 bits per heavy atom. The Balaban J connectivity index is 2.01. The van der Waals surface area contributed by atoms with Gasteiger partial charge in [0.05, 0.1) is 45.7 Å². The fraction of sp³-hybridized carbons (Fsp3) is 0.182. The number of hydrogen-bond donors (Lipinski definition) is 0. The molecular weight excluding hydrogens is 668 g/mol. The van der Waals surface area contributed by atoms with Crippen molar-refractivity contribution in [3.8, 4) is 21.1 Å². The van der Waals surface area contributed by atoms with Crippen LogP contribution >= 0.6 is 115 Å². The molecule has 5 rings (SSSR count). The second-order valence-electron chi connectivity index (χ2n) is 7.47. The van der Waals surface area contributed by atoms with E-state index in [1.54, 1.807) is 0 Å². The van der Waals surface area contributed by atoms with Gasteiger partial charge in [-0.2, -0.15) is 0 Å². The Kier molecular flexibility index (Phi) is 7.79. The summed E-state index contributed by atoms with van der Waals surface area (Å²) in [6.45, 7) is 3.94. The van der Waals surface area contributed by atoms with Crippen molar-refractivity contribution in [3.63, 3.8) is 0 Å². The second-order valence-corrected chi connectivity index (χ2v) is 12.6. The highest BCUT2D eigenvalue weighted by Gasteiger charge is 2.30. The Bertz CT molecular complexity index is 1710. The number of rotatable bonds is 4. The molecule has 2 heterocycles. The smallest absolute Gasteiger partial charge is 0.143 e. The summed E-state index contributed by atoms with van der Waals surface area (Å²) in [6.07, 6.45) is 1.39. The Labute approximate surface area is 253 Å². The van der Waals surface area contributed by atoms with Crippen molar-refractivity contribution in [2.45, 2.75) is 26.7 Å². The van der Waals surface area contributed by atoms with Gasteiger partial charge in [0.15, 0.2) is 5.01 Å². The summed E-state index contributed by atoms with van der Waals surface area (Å²) < 4.78 is 0. The summed E-state index contributed by atoms with van der Waals surface area (Å²) in [6, 6.07) is 0. The molecule has 0 N–H and O–H groups in total. The first-order valence-corrected chi connectivity index (χ1v) is 14.9. The molecular formula is C22H10Cl8N4S2. The lowest BCUT2D eigenvalue weighted by atomic mass is 9.96. The van der Waals surface area contributed by atoms with Gasteiger partial charge in [0, 0.05) is 27.1 Å². The van der Waals surface area contributed by atoms with Crippen molar-refractivity contribution < 1.29 is 0 Å². The minimum absolute atomic E-state index is 0.0953. The van der Waals surface area contributed by atoms with Crippen molar-refractivity contribution >= 4 is 137 Å². The average molecular weight is 678 g/mol. The van der Waals surface area contributed by atoms with Gasteiger partial charge in [-0.15, -0.1) is 20.4 Å². The van der Waals surface area contributed by atoms with Crippen molar-refractivity contribution in [1.82, 2.24) is 20.4 Å². The molecule has 0 aliphatic carbocycles. The molecule has 0 spiro atoms. The van der Waals surface area contributed by atoms with Crippen LogP contribution in [0.2, 0.25) is 40.2 Å². The maximum absolute atomic E-state index is 6.92. The third-order valence-electron chi connectivity index (χ3n) is 5.49. The van der Waals surface area contributed by atoms with Crippen molar-refractivity contribution in [1.29, 1.82) is 0 Å². The van der Waals surface area contributed by atoms with E-state index in [4.69, 9.17) is 92.8 Å². The van der Waals surface area contributed by atoms with E-state index in [0.717, 1.165) is 10.0 Å². The molecule has 0 amide bonds. The van der Waals surface area contributed by atoms with Crippen molar-refractivity contribution in [3.05, 3.63) is 50.2 Å². The normalized spacial score (nSPS) is 11.8. The predicted octanol–water partition coefficient (Wildman–Crippen LogP) is 11.4. The van der Waals surface area contributed by atoms with Crippen LogP contribution in [0.15, 0.2) is 0 Å². The van der Waals surface area contributed by atoms with Gasteiger partial charge in [-0.1, -0.05) is 129 Å². The Morgan fingerprint density at radius 3 is 1.39 bits per heavy atom. The fourth-order valence-electron chi connectivity index (χ4n) is 3.82. The van der Waals surface area contributed by atoms with Gasteiger partial charge in [-0.3, -0.25) is 0 Å². The monoisotopic (exact) mass is 674 g/mol. The van der Waals surface area contributed by atoms with Gasteiger partial charge in [0.1, 0.15) is 15.0 Å². The largest absolute Gasteiger partial charge is 0.150 e. The molecule has 4 nitrogen and oxygen atoms in total. The SMILES string of the molecule is CCc1nnc(-c2c(Cl)c(Cl)c3c(c2Cl)c(Cl)c(Cl)c2c(-c4nnc(CC)s4)c(Cl)c(Cl)c(Cl)c23)s1. The van der Waals surface area contributed by atoms with E-state index >= 15 is 0 Å². The van der Waals surface area contributed by atoms with Crippen LogP contribution in [-0.2, 0) is 12.8 Å². The lowest BCUT2D eigenvalue weighted by molar-refractivity contribution is 0.986. The zero-order valence-corrected chi connectivity index (χ0v) is 25.7. The quantitative estimate of drug-likeness (QED) is 0.108. The van der Waals surface area contributed by atoms with Gasteiger partial charge >= 0.3 is 0 Å². The molecule has 0 aliphatic heterocycles. The van der Waals surface area contributed by atoms with Crippen LogP contribution in [-0.4, -0.2) is 20.4 Å². The topological polar surface area (TPSA) is 51.6 Å². The summed E-state index contributed by atoms with van der Waals surface area (Å²) >= 11 is 57.1. The Morgan fingerprint density at radius 1 is 0.444 bits per heavy atom. The number of halogens is 8. The van der Waals surface area contributed by atoms with E-state index in [-0.39, 0.29) is 40.2 Å².